The van der Waals surface area contributed by atoms with Crippen LogP contribution in [0.5, 0.6) is 0 Å². The molecule has 1 aromatic carbocycles. The van der Waals surface area contributed by atoms with E-state index in [2.05, 4.69) is 14.9 Å². The number of hydrogen-bond donors (Lipinski definition) is 0. The highest BCUT2D eigenvalue weighted by molar-refractivity contribution is 5.19. The largest absolute Gasteiger partial charge is 0.290 e. The minimum atomic E-state index is -0.405. The molecule has 1 aliphatic rings. The summed E-state index contributed by atoms with van der Waals surface area (Å²) in [4.78, 5) is 10.8. The van der Waals surface area contributed by atoms with Gasteiger partial charge in [-0.05, 0) is 44.5 Å². The summed E-state index contributed by atoms with van der Waals surface area (Å²) in [5.41, 5.74) is 2.17. The maximum atomic E-state index is 13.8. The zero-order valence-corrected chi connectivity index (χ0v) is 11.9. The van der Waals surface area contributed by atoms with Crippen molar-refractivity contribution in [3.05, 3.63) is 59.2 Å². The summed E-state index contributed by atoms with van der Waals surface area (Å²) in [6, 6.07) is 3.72. The number of benzene rings is 1. The van der Waals surface area contributed by atoms with Crippen LogP contribution in [0.25, 0.3) is 0 Å². The summed E-state index contributed by atoms with van der Waals surface area (Å²) in [5, 5.41) is 0. The molecule has 0 unspecified atom stereocenters. The van der Waals surface area contributed by atoms with E-state index < -0.39 is 5.82 Å². The van der Waals surface area contributed by atoms with Gasteiger partial charge in [0.2, 0.25) is 0 Å². The van der Waals surface area contributed by atoms with E-state index in [1.807, 2.05) is 6.92 Å². The molecular weight excluding hydrogens is 272 g/mol. The van der Waals surface area contributed by atoms with Crippen molar-refractivity contribution < 1.29 is 8.78 Å². The average Bonchev–Trinajstić information content (AvgIpc) is 2.91. The third kappa shape index (κ3) is 3.08. The lowest BCUT2D eigenvalue weighted by atomic mass is 10.1. The number of likely N-dealkylation sites (tertiary alicyclic amines) is 1. The van der Waals surface area contributed by atoms with Crippen LogP contribution in [0.15, 0.2) is 30.6 Å². The molecule has 1 atom stereocenters. The molecule has 5 heteroatoms. The van der Waals surface area contributed by atoms with Crippen molar-refractivity contribution in [3.63, 3.8) is 0 Å². The molecule has 0 bridgehead atoms. The van der Waals surface area contributed by atoms with Crippen molar-refractivity contribution in [1.82, 2.24) is 14.9 Å². The Hall–Kier alpha value is -1.88. The molecule has 2 heterocycles. The highest BCUT2D eigenvalue weighted by Crippen LogP contribution is 2.32. The third-order valence-electron chi connectivity index (χ3n) is 3.86. The fourth-order valence-corrected chi connectivity index (χ4v) is 2.88. The predicted molar refractivity (Wildman–Crippen MR) is 75.5 cm³/mol. The molecule has 0 amide bonds. The second-order valence-corrected chi connectivity index (χ2v) is 5.45. The van der Waals surface area contributed by atoms with E-state index in [1.54, 1.807) is 12.4 Å². The summed E-state index contributed by atoms with van der Waals surface area (Å²) < 4.78 is 27.1. The molecule has 3 rings (SSSR count). The Bertz CT molecular complexity index is 645. The van der Waals surface area contributed by atoms with E-state index in [9.17, 15) is 8.78 Å². The standard InChI is InChI=1S/C16H17F2N3/c1-11-8-19-9-15(20-11)16-3-2-6-21(16)10-12-7-13(17)4-5-14(12)18/h4-5,7-9,16H,2-3,6,10H2,1H3/t16-/m1/s1. The molecule has 0 aliphatic carbocycles. The number of hydrogen-bond acceptors (Lipinski definition) is 3. The van der Waals surface area contributed by atoms with Gasteiger partial charge in [-0.3, -0.25) is 14.9 Å². The van der Waals surface area contributed by atoms with Gasteiger partial charge in [-0.15, -0.1) is 0 Å². The van der Waals surface area contributed by atoms with Gasteiger partial charge in [0.15, 0.2) is 0 Å². The van der Waals surface area contributed by atoms with Crippen LogP contribution < -0.4 is 0 Å². The topological polar surface area (TPSA) is 29.0 Å². The molecule has 110 valence electrons. The molecule has 0 saturated carbocycles. The normalized spacial score (nSPS) is 19.1. The summed E-state index contributed by atoms with van der Waals surface area (Å²) >= 11 is 0. The Morgan fingerprint density at radius 1 is 1.29 bits per heavy atom. The molecule has 2 aromatic rings. The molecule has 0 radical (unpaired) electrons. The zero-order valence-electron chi connectivity index (χ0n) is 11.9. The molecular formula is C16H17F2N3. The first-order valence-corrected chi connectivity index (χ1v) is 7.10. The summed E-state index contributed by atoms with van der Waals surface area (Å²) in [7, 11) is 0. The van der Waals surface area contributed by atoms with Gasteiger partial charge in [0.25, 0.3) is 0 Å². The van der Waals surface area contributed by atoms with Gasteiger partial charge in [-0.25, -0.2) is 8.78 Å². The van der Waals surface area contributed by atoms with Gasteiger partial charge < -0.3 is 0 Å². The summed E-state index contributed by atoms with van der Waals surface area (Å²) in [6.45, 7) is 3.15. The van der Waals surface area contributed by atoms with E-state index in [-0.39, 0.29) is 11.9 Å². The van der Waals surface area contributed by atoms with Crippen LogP contribution in [-0.2, 0) is 6.54 Å². The van der Waals surface area contributed by atoms with Crippen LogP contribution in [0.4, 0.5) is 8.78 Å². The van der Waals surface area contributed by atoms with Crippen molar-refractivity contribution in [2.45, 2.75) is 32.4 Å². The minimum Gasteiger partial charge on any atom is -0.290 e. The minimum absolute atomic E-state index is 0.125. The molecule has 0 spiro atoms. The zero-order chi connectivity index (χ0) is 14.8. The van der Waals surface area contributed by atoms with Crippen LogP contribution in [0, 0.1) is 18.6 Å². The van der Waals surface area contributed by atoms with Gasteiger partial charge in [-0.1, -0.05) is 0 Å². The molecule has 21 heavy (non-hydrogen) atoms. The van der Waals surface area contributed by atoms with E-state index in [4.69, 9.17) is 0 Å². The fraction of sp³-hybridized carbons (Fsp3) is 0.375. The first-order valence-electron chi connectivity index (χ1n) is 7.10. The summed E-state index contributed by atoms with van der Waals surface area (Å²) in [5.74, 6) is -0.769. The predicted octanol–water partition coefficient (Wildman–Crippen LogP) is 3.40. The van der Waals surface area contributed by atoms with E-state index in [0.29, 0.717) is 12.1 Å². The Morgan fingerprint density at radius 3 is 2.95 bits per heavy atom. The highest BCUT2D eigenvalue weighted by atomic mass is 19.1. The first-order chi connectivity index (χ1) is 10.1. The number of halogens is 2. The van der Waals surface area contributed by atoms with Crippen LogP contribution in [0.3, 0.4) is 0 Å². The molecule has 1 saturated heterocycles. The fourth-order valence-electron chi connectivity index (χ4n) is 2.88. The van der Waals surface area contributed by atoms with Crippen molar-refractivity contribution >= 4 is 0 Å². The van der Waals surface area contributed by atoms with Gasteiger partial charge in [0.1, 0.15) is 11.6 Å². The van der Waals surface area contributed by atoms with Gasteiger partial charge in [0, 0.05) is 24.5 Å². The van der Waals surface area contributed by atoms with Crippen LogP contribution in [-0.4, -0.2) is 21.4 Å². The van der Waals surface area contributed by atoms with E-state index >= 15 is 0 Å². The number of nitrogens with zero attached hydrogens (tertiary/aromatic N) is 3. The van der Waals surface area contributed by atoms with Crippen molar-refractivity contribution in [3.8, 4) is 0 Å². The van der Waals surface area contributed by atoms with Gasteiger partial charge in [0.05, 0.1) is 17.4 Å². The number of aromatic nitrogens is 2. The average molecular weight is 289 g/mol. The molecule has 1 aliphatic heterocycles. The van der Waals surface area contributed by atoms with Gasteiger partial charge in [-0.2, -0.15) is 0 Å². The SMILES string of the molecule is Cc1cncc([C@H]2CCCN2Cc2cc(F)ccc2F)n1. The second kappa shape index (κ2) is 5.85. The Labute approximate surface area is 122 Å². The molecule has 1 fully saturated rings. The third-order valence-corrected chi connectivity index (χ3v) is 3.86. The van der Waals surface area contributed by atoms with Crippen molar-refractivity contribution in [1.29, 1.82) is 0 Å². The van der Waals surface area contributed by atoms with E-state index in [1.165, 1.54) is 12.1 Å². The lowest BCUT2D eigenvalue weighted by Crippen LogP contribution is -2.24. The molecule has 1 aromatic heterocycles. The lowest BCUT2D eigenvalue weighted by Gasteiger charge is -2.24. The maximum Gasteiger partial charge on any atom is 0.127 e. The van der Waals surface area contributed by atoms with Crippen LogP contribution in [0.1, 0.15) is 35.8 Å². The summed E-state index contributed by atoms with van der Waals surface area (Å²) in [6.07, 6.45) is 5.47. The van der Waals surface area contributed by atoms with Crippen molar-refractivity contribution in [2.24, 2.45) is 0 Å². The Balaban J connectivity index is 1.83. The van der Waals surface area contributed by atoms with E-state index in [0.717, 1.165) is 36.8 Å². The number of rotatable bonds is 3. The van der Waals surface area contributed by atoms with Crippen LogP contribution >= 0.6 is 0 Å². The van der Waals surface area contributed by atoms with Crippen molar-refractivity contribution in [2.75, 3.05) is 6.54 Å². The first kappa shape index (κ1) is 14.1. The Morgan fingerprint density at radius 2 is 2.14 bits per heavy atom. The van der Waals surface area contributed by atoms with Crippen LogP contribution in [0.2, 0.25) is 0 Å². The Kier molecular flexibility index (Phi) is 3.92. The maximum absolute atomic E-state index is 13.8. The highest BCUT2D eigenvalue weighted by Gasteiger charge is 2.28. The molecule has 0 N–H and O–H groups in total. The monoisotopic (exact) mass is 289 g/mol. The smallest absolute Gasteiger partial charge is 0.127 e. The number of aryl methyl sites for hydroxylation is 1. The quantitative estimate of drug-likeness (QED) is 0.867. The molecule has 3 nitrogen and oxygen atoms in total. The second-order valence-electron chi connectivity index (χ2n) is 5.45. The van der Waals surface area contributed by atoms with Gasteiger partial charge >= 0.3 is 0 Å². The lowest BCUT2D eigenvalue weighted by molar-refractivity contribution is 0.240.